The van der Waals surface area contributed by atoms with E-state index < -0.39 is 40.2 Å². The molecule has 0 bridgehead atoms. The molecule has 0 unspecified atom stereocenters. The van der Waals surface area contributed by atoms with Gasteiger partial charge in [0.05, 0.1) is 17.7 Å². The van der Waals surface area contributed by atoms with E-state index >= 15 is 4.39 Å². The first-order valence-electron chi connectivity index (χ1n) is 14.7. The van der Waals surface area contributed by atoms with Crippen LogP contribution in [0.5, 0.6) is 5.75 Å². The minimum Gasteiger partial charge on any atom is -0.497 e. The van der Waals surface area contributed by atoms with Gasteiger partial charge >= 0.3 is 0 Å². The van der Waals surface area contributed by atoms with Gasteiger partial charge in [-0.25, -0.2) is 12.8 Å². The van der Waals surface area contributed by atoms with Crippen molar-refractivity contribution in [2.75, 3.05) is 18.0 Å². The summed E-state index contributed by atoms with van der Waals surface area (Å²) in [6.07, 6.45) is 0.795. The van der Waals surface area contributed by atoms with Gasteiger partial charge in [0.2, 0.25) is 11.8 Å². The standard InChI is InChI=1S/C35H38FN3O5S/c1-4-26(2)37-35(41)33(23-27-13-7-5-8-14-27)38(24-28-15-11-12-18-32(28)36)34(40)25-39(29-19-21-30(44-3)22-20-29)45(42,43)31-16-9-6-10-17-31/h5-22,26,33H,4,23-25H2,1-3H3,(H,37,41)/t26-,33+/m0/s1. The number of carbonyl (C=O) groups excluding carboxylic acids is 2. The van der Waals surface area contributed by atoms with Crippen LogP contribution < -0.4 is 14.4 Å². The summed E-state index contributed by atoms with van der Waals surface area (Å²) in [7, 11) is -2.75. The Bertz CT molecular complexity index is 1670. The molecular formula is C35H38FN3O5S. The second-order valence-electron chi connectivity index (χ2n) is 10.7. The molecule has 236 valence electrons. The smallest absolute Gasteiger partial charge is 0.264 e. The lowest BCUT2D eigenvalue weighted by Crippen LogP contribution is -2.54. The first-order valence-corrected chi connectivity index (χ1v) is 16.2. The highest BCUT2D eigenvalue weighted by Gasteiger charge is 2.35. The number of benzene rings is 4. The fourth-order valence-electron chi connectivity index (χ4n) is 4.80. The first kappa shape index (κ1) is 33.2. The maximum absolute atomic E-state index is 15.0. The lowest BCUT2D eigenvalue weighted by Gasteiger charge is -2.34. The molecule has 0 aliphatic rings. The quantitative estimate of drug-likeness (QED) is 0.196. The van der Waals surface area contributed by atoms with Gasteiger partial charge in [-0.1, -0.05) is 73.7 Å². The van der Waals surface area contributed by atoms with Crippen molar-refractivity contribution in [3.63, 3.8) is 0 Å². The topological polar surface area (TPSA) is 96.0 Å². The van der Waals surface area contributed by atoms with Crippen LogP contribution in [-0.2, 0) is 32.6 Å². The molecule has 0 fully saturated rings. The molecule has 45 heavy (non-hydrogen) atoms. The van der Waals surface area contributed by atoms with E-state index in [1.54, 1.807) is 60.7 Å². The molecule has 1 N–H and O–H groups in total. The second-order valence-corrected chi connectivity index (χ2v) is 12.5. The van der Waals surface area contributed by atoms with Gasteiger partial charge in [-0.2, -0.15) is 0 Å². The summed E-state index contributed by atoms with van der Waals surface area (Å²) < 4.78 is 49.3. The van der Waals surface area contributed by atoms with Crippen molar-refractivity contribution in [2.45, 2.75) is 50.2 Å². The number of anilines is 1. The van der Waals surface area contributed by atoms with E-state index in [1.807, 2.05) is 44.2 Å². The van der Waals surface area contributed by atoms with Crippen molar-refractivity contribution >= 4 is 27.5 Å². The Morgan fingerprint density at radius 1 is 0.867 bits per heavy atom. The minimum atomic E-state index is -4.24. The van der Waals surface area contributed by atoms with Crippen LogP contribution in [0.2, 0.25) is 0 Å². The van der Waals surface area contributed by atoms with E-state index in [0.717, 1.165) is 9.87 Å². The molecule has 8 nitrogen and oxygen atoms in total. The van der Waals surface area contributed by atoms with E-state index in [-0.39, 0.29) is 35.2 Å². The number of hydrogen-bond acceptors (Lipinski definition) is 5. The normalized spacial score (nSPS) is 12.5. The summed E-state index contributed by atoms with van der Waals surface area (Å²) in [5.74, 6) is -1.12. The van der Waals surface area contributed by atoms with Crippen molar-refractivity contribution in [3.05, 3.63) is 126 Å². The van der Waals surface area contributed by atoms with E-state index in [4.69, 9.17) is 4.74 Å². The molecule has 2 atom stereocenters. The number of hydrogen-bond donors (Lipinski definition) is 1. The third-order valence-corrected chi connectivity index (χ3v) is 9.33. The summed E-state index contributed by atoms with van der Waals surface area (Å²) in [5.41, 5.74) is 1.21. The van der Waals surface area contributed by atoms with Crippen LogP contribution >= 0.6 is 0 Å². The van der Waals surface area contributed by atoms with Gasteiger partial charge in [0.15, 0.2) is 0 Å². The number of halogens is 1. The molecule has 10 heteroatoms. The molecule has 4 rings (SSSR count). The molecule has 0 saturated heterocycles. The fourth-order valence-corrected chi connectivity index (χ4v) is 6.24. The van der Waals surface area contributed by atoms with Crippen LogP contribution in [0, 0.1) is 5.82 Å². The molecule has 0 aliphatic carbocycles. The number of carbonyl (C=O) groups is 2. The van der Waals surface area contributed by atoms with E-state index in [9.17, 15) is 18.0 Å². The summed E-state index contributed by atoms with van der Waals surface area (Å²) in [5, 5.41) is 2.97. The van der Waals surface area contributed by atoms with Crippen LogP contribution in [-0.4, -0.2) is 50.9 Å². The zero-order chi connectivity index (χ0) is 32.4. The fraction of sp³-hybridized carbons (Fsp3) is 0.257. The Kier molecular flexibility index (Phi) is 11.3. The van der Waals surface area contributed by atoms with Gasteiger partial charge < -0.3 is 15.0 Å². The van der Waals surface area contributed by atoms with Gasteiger partial charge in [-0.05, 0) is 61.4 Å². The van der Waals surface area contributed by atoms with E-state index in [2.05, 4.69) is 5.32 Å². The number of ether oxygens (including phenoxy) is 1. The van der Waals surface area contributed by atoms with Crippen LogP contribution in [0.25, 0.3) is 0 Å². The third kappa shape index (κ3) is 8.48. The molecule has 4 aromatic rings. The number of rotatable bonds is 14. The highest BCUT2D eigenvalue weighted by molar-refractivity contribution is 7.92. The minimum absolute atomic E-state index is 0.00961. The number of methoxy groups -OCH3 is 1. The number of amides is 2. The first-order chi connectivity index (χ1) is 21.6. The van der Waals surface area contributed by atoms with Gasteiger partial charge in [0, 0.05) is 24.6 Å². The van der Waals surface area contributed by atoms with Crippen molar-refractivity contribution in [1.29, 1.82) is 0 Å². The highest BCUT2D eigenvalue weighted by Crippen LogP contribution is 2.27. The summed E-state index contributed by atoms with van der Waals surface area (Å²) >= 11 is 0. The predicted octanol–water partition coefficient (Wildman–Crippen LogP) is 5.58. The molecule has 0 saturated carbocycles. The van der Waals surface area contributed by atoms with Gasteiger partial charge in [-0.3, -0.25) is 13.9 Å². The Morgan fingerprint density at radius 3 is 2.07 bits per heavy atom. The van der Waals surface area contributed by atoms with Crippen LogP contribution in [0.15, 0.2) is 114 Å². The van der Waals surface area contributed by atoms with Gasteiger partial charge in [-0.15, -0.1) is 0 Å². The largest absolute Gasteiger partial charge is 0.497 e. The van der Waals surface area contributed by atoms with E-state index in [0.29, 0.717) is 12.2 Å². The Morgan fingerprint density at radius 2 is 1.47 bits per heavy atom. The lowest BCUT2D eigenvalue weighted by atomic mass is 10.0. The number of nitrogens with one attached hydrogen (secondary N) is 1. The Balaban J connectivity index is 1.81. The zero-order valence-electron chi connectivity index (χ0n) is 25.6. The van der Waals surface area contributed by atoms with Crippen molar-refractivity contribution < 1.29 is 27.1 Å². The molecular weight excluding hydrogens is 593 g/mol. The molecule has 0 radical (unpaired) electrons. The molecule has 0 aliphatic heterocycles. The monoisotopic (exact) mass is 631 g/mol. The Hall–Kier alpha value is -4.70. The van der Waals surface area contributed by atoms with Crippen LogP contribution in [0.4, 0.5) is 10.1 Å². The van der Waals surface area contributed by atoms with Gasteiger partial charge in [0.1, 0.15) is 24.2 Å². The van der Waals surface area contributed by atoms with Crippen molar-refractivity contribution in [1.82, 2.24) is 10.2 Å². The number of nitrogens with zero attached hydrogens (tertiary/aromatic N) is 2. The summed E-state index contributed by atoms with van der Waals surface area (Å²) in [6, 6.07) is 28.1. The number of sulfonamides is 1. The molecule has 0 aromatic heterocycles. The zero-order valence-corrected chi connectivity index (χ0v) is 26.4. The molecule has 0 heterocycles. The van der Waals surface area contributed by atoms with Crippen LogP contribution in [0.1, 0.15) is 31.4 Å². The maximum atomic E-state index is 15.0. The van der Waals surface area contributed by atoms with Crippen molar-refractivity contribution in [2.24, 2.45) is 0 Å². The highest BCUT2D eigenvalue weighted by atomic mass is 32.2. The average molecular weight is 632 g/mol. The Labute approximate surface area is 264 Å². The van der Waals surface area contributed by atoms with Gasteiger partial charge in [0.25, 0.3) is 10.0 Å². The average Bonchev–Trinajstić information content (AvgIpc) is 3.06. The van der Waals surface area contributed by atoms with Crippen molar-refractivity contribution in [3.8, 4) is 5.75 Å². The molecule has 4 aromatic carbocycles. The summed E-state index contributed by atoms with van der Waals surface area (Å²) in [6.45, 7) is 2.90. The third-order valence-electron chi connectivity index (χ3n) is 7.54. The molecule has 2 amide bonds. The lowest BCUT2D eigenvalue weighted by molar-refractivity contribution is -0.140. The predicted molar refractivity (Wildman–Crippen MR) is 173 cm³/mol. The summed E-state index contributed by atoms with van der Waals surface area (Å²) in [4.78, 5) is 29.5. The SMILES string of the molecule is CC[C@H](C)NC(=O)[C@@H](Cc1ccccc1)N(Cc1ccccc1F)C(=O)CN(c1ccc(OC)cc1)S(=O)(=O)c1ccccc1. The maximum Gasteiger partial charge on any atom is 0.264 e. The molecule has 0 spiro atoms. The second kappa shape index (κ2) is 15.3. The van der Waals surface area contributed by atoms with Crippen LogP contribution in [0.3, 0.4) is 0 Å². The van der Waals surface area contributed by atoms with E-state index in [1.165, 1.54) is 30.2 Å².